The summed E-state index contributed by atoms with van der Waals surface area (Å²) >= 11 is 1.89. The SMILES string of the molecule is CC(C)(C)OC(=O)N[C@H]1COc2ccccc2N(CC(=O)NCCCCCNC(=O)CCCCC2SC[C@@H]3NC(=O)N[C@H]23)C1=O. The van der Waals surface area contributed by atoms with Crippen molar-refractivity contribution in [1.82, 2.24) is 26.6 Å². The van der Waals surface area contributed by atoms with Gasteiger partial charge in [-0.2, -0.15) is 11.8 Å². The van der Waals surface area contributed by atoms with E-state index in [9.17, 15) is 24.0 Å². The van der Waals surface area contributed by atoms with Crippen molar-refractivity contribution in [1.29, 1.82) is 0 Å². The molecule has 14 heteroatoms. The normalized spacial score (nSPS) is 22.2. The van der Waals surface area contributed by atoms with Crippen LogP contribution >= 0.6 is 11.8 Å². The van der Waals surface area contributed by atoms with Crippen molar-refractivity contribution in [3.63, 3.8) is 0 Å². The minimum atomic E-state index is -1.02. The molecule has 0 bridgehead atoms. The highest BCUT2D eigenvalue weighted by Gasteiger charge is 2.42. The highest BCUT2D eigenvalue weighted by Crippen LogP contribution is 2.33. The first-order valence-corrected chi connectivity index (χ1v) is 16.8. The first-order chi connectivity index (χ1) is 21.5. The lowest BCUT2D eigenvalue weighted by Gasteiger charge is -2.25. The van der Waals surface area contributed by atoms with E-state index < -0.39 is 23.6 Å². The van der Waals surface area contributed by atoms with Crippen LogP contribution in [0.1, 0.15) is 65.7 Å². The Balaban J connectivity index is 1.09. The van der Waals surface area contributed by atoms with Crippen molar-refractivity contribution in [2.24, 2.45) is 0 Å². The summed E-state index contributed by atoms with van der Waals surface area (Å²) in [5.74, 6) is 0.624. The van der Waals surface area contributed by atoms with Gasteiger partial charge in [0.25, 0.3) is 5.91 Å². The number of anilines is 1. The molecule has 1 aromatic rings. The Morgan fingerprint density at radius 3 is 2.49 bits per heavy atom. The molecule has 4 rings (SSSR count). The number of para-hydroxylation sites is 2. The minimum absolute atomic E-state index is 0.0435. The number of unbranched alkanes of at least 4 members (excludes halogenated alkanes) is 3. The van der Waals surface area contributed by atoms with Crippen LogP contribution in [0.25, 0.3) is 0 Å². The van der Waals surface area contributed by atoms with Gasteiger partial charge in [-0.3, -0.25) is 19.3 Å². The van der Waals surface area contributed by atoms with Gasteiger partial charge in [-0.25, -0.2) is 9.59 Å². The number of hydrogen-bond acceptors (Lipinski definition) is 8. The number of urea groups is 1. The Kier molecular flexibility index (Phi) is 12.2. The quantitative estimate of drug-likeness (QED) is 0.152. The van der Waals surface area contributed by atoms with Crippen LogP contribution in [-0.2, 0) is 19.1 Å². The highest BCUT2D eigenvalue weighted by atomic mass is 32.2. The van der Waals surface area contributed by atoms with E-state index in [-0.39, 0.29) is 43.1 Å². The summed E-state index contributed by atoms with van der Waals surface area (Å²) in [5.41, 5.74) is -0.283. The van der Waals surface area contributed by atoms with Crippen molar-refractivity contribution >= 4 is 47.3 Å². The van der Waals surface area contributed by atoms with E-state index in [1.165, 1.54) is 4.90 Å². The molecular formula is C31H46N6O7S. The van der Waals surface area contributed by atoms with Crippen LogP contribution in [-0.4, -0.2) is 90.8 Å². The Morgan fingerprint density at radius 1 is 1.00 bits per heavy atom. The van der Waals surface area contributed by atoms with E-state index in [0.717, 1.165) is 44.3 Å². The molecule has 1 aromatic carbocycles. The average Bonchev–Trinajstić information content (AvgIpc) is 3.50. The molecule has 2 fully saturated rings. The highest BCUT2D eigenvalue weighted by molar-refractivity contribution is 8.00. The van der Waals surface area contributed by atoms with Crippen LogP contribution in [0.4, 0.5) is 15.3 Å². The summed E-state index contributed by atoms with van der Waals surface area (Å²) in [5, 5.41) is 14.7. The third-order valence-electron chi connectivity index (χ3n) is 7.70. The zero-order valence-electron chi connectivity index (χ0n) is 26.3. The summed E-state index contributed by atoms with van der Waals surface area (Å²) in [6, 6.07) is 6.25. The molecule has 3 heterocycles. The Hall–Kier alpha value is -3.68. The molecule has 2 saturated heterocycles. The lowest BCUT2D eigenvalue weighted by Crippen LogP contribution is -2.53. The molecule has 5 N–H and O–H groups in total. The van der Waals surface area contributed by atoms with E-state index >= 15 is 0 Å². The number of hydrogen-bond donors (Lipinski definition) is 5. The second-order valence-corrected chi connectivity index (χ2v) is 13.8. The third kappa shape index (κ3) is 10.4. The number of rotatable bonds is 14. The van der Waals surface area contributed by atoms with Gasteiger partial charge in [-0.15, -0.1) is 0 Å². The third-order valence-corrected chi connectivity index (χ3v) is 9.21. The molecular weight excluding hydrogens is 600 g/mol. The number of benzene rings is 1. The number of carbonyl (C=O) groups is 5. The standard InChI is InChI=1S/C31H46N6O7S/c1-31(2,3)44-30(42)35-20-18-43-23-12-6-5-11-22(23)37(28(20)40)17-26(39)33-16-10-4-9-15-32-25(38)14-8-7-13-24-27-21(19-45-24)34-29(41)36-27/h5-6,11-12,20-21,24,27H,4,7-10,13-19H2,1-3H3,(H,32,38)(H,33,39)(H,35,42)(H2,34,36,41)/t20-,21-,24?,27-/m0/s1. The zero-order chi connectivity index (χ0) is 32.4. The molecule has 248 valence electrons. The van der Waals surface area contributed by atoms with Crippen LogP contribution < -0.4 is 36.2 Å². The predicted molar refractivity (Wildman–Crippen MR) is 171 cm³/mol. The number of ether oxygens (including phenoxy) is 2. The fourth-order valence-corrected chi connectivity index (χ4v) is 7.06. The lowest BCUT2D eigenvalue weighted by atomic mass is 10.0. The predicted octanol–water partition coefficient (Wildman–Crippen LogP) is 2.43. The number of amides is 6. The number of alkyl carbamates (subject to hydrolysis) is 1. The second kappa shape index (κ2) is 16.1. The summed E-state index contributed by atoms with van der Waals surface area (Å²) in [6.07, 6.45) is 4.85. The number of carbonyl (C=O) groups excluding carboxylic acids is 5. The van der Waals surface area contributed by atoms with Gasteiger partial charge in [-0.05, 0) is 65.0 Å². The van der Waals surface area contributed by atoms with Gasteiger partial charge in [0.1, 0.15) is 30.5 Å². The van der Waals surface area contributed by atoms with Crippen molar-refractivity contribution < 1.29 is 33.4 Å². The lowest BCUT2D eigenvalue weighted by molar-refractivity contribution is -0.125. The molecule has 1 unspecified atom stereocenters. The van der Waals surface area contributed by atoms with Crippen LogP contribution in [0.15, 0.2) is 24.3 Å². The number of fused-ring (bicyclic) bond motifs is 2. The van der Waals surface area contributed by atoms with Gasteiger partial charge >= 0.3 is 12.1 Å². The van der Waals surface area contributed by atoms with Gasteiger partial charge in [0.2, 0.25) is 11.8 Å². The second-order valence-electron chi connectivity index (χ2n) is 12.5. The van der Waals surface area contributed by atoms with Crippen molar-refractivity contribution in [3.05, 3.63) is 24.3 Å². The molecule has 45 heavy (non-hydrogen) atoms. The maximum absolute atomic E-state index is 13.4. The van der Waals surface area contributed by atoms with Crippen LogP contribution in [0, 0.1) is 0 Å². The van der Waals surface area contributed by atoms with E-state index in [4.69, 9.17) is 9.47 Å². The molecule has 6 amide bonds. The van der Waals surface area contributed by atoms with Gasteiger partial charge in [0.05, 0.1) is 17.8 Å². The molecule has 4 atom stereocenters. The fraction of sp³-hybridized carbons (Fsp3) is 0.645. The molecule has 0 spiro atoms. The Labute approximate surface area is 268 Å². The summed E-state index contributed by atoms with van der Waals surface area (Å²) < 4.78 is 11.1. The molecule has 13 nitrogen and oxygen atoms in total. The average molecular weight is 647 g/mol. The molecule has 0 radical (unpaired) electrons. The zero-order valence-corrected chi connectivity index (χ0v) is 27.1. The smallest absolute Gasteiger partial charge is 0.408 e. The van der Waals surface area contributed by atoms with E-state index in [1.54, 1.807) is 45.0 Å². The van der Waals surface area contributed by atoms with Crippen molar-refractivity contribution in [2.75, 3.05) is 36.9 Å². The van der Waals surface area contributed by atoms with Crippen LogP contribution in [0.3, 0.4) is 0 Å². The topological polar surface area (TPSA) is 167 Å². The fourth-order valence-electron chi connectivity index (χ4n) is 5.51. The van der Waals surface area contributed by atoms with E-state index in [2.05, 4.69) is 26.6 Å². The molecule has 0 aromatic heterocycles. The van der Waals surface area contributed by atoms with Crippen LogP contribution in [0.5, 0.6) is 5.75 Å². The molecule has 0 aliphatic carbocycles. The van der Waals surface area contributed by atoms with Gasteiger partial charge < -0.3 is 36.1 Å². The number of nitrogens with zero attached hydrogens (tertiary/aromatic N) is 1. The molecule has 0 saturated carbocycles. The first-order valence-electron chi connectivity index (χ1n) is 15.7. The Morgan fingerprint density at radius 2 is 1.73 bits per heavy atom. The van der Waals surface area contributed by atoms with Gasteiger partial charge in [0.15, 0.2) is 0 Å². The van der Waals surface area contributed by atoms with Gasteiger partial charge in [0, 0.05) is 30.5 Å². The molecule has 3 aliphatic heterocycles. The van der Waals surface area contributed by atoms with Gasteiger partial charge in [-0.1, -0.05) is 18.6 Å². The van der Waals surface area contributed by atoms with Crippen molar-refractivity contribution in [2.45, 2.75) is 94.7 Å². The first kappa shape index (κ1) is 34.2. The van der Waals surface area contributed by atoms with E-state index in [0.29, 0.717) is 36.2 Å². The number of nitrogens with one attached hydrogen (secondary N) is 5. The monoisotopic (exact) mass is 646 g/mol. The minimum Gasteiger partial charge on any atom is -0.489 e. The van der Waals surface area contributed by atoms with Crippen LogP contribution in [0.2, 0.25) is 0 Å². The largest absolute Gasteiger partial charge is 0.489 e. The summed E-state index contributed by atoms with van der Waals surface area (Å²) in [7, 11) is 0. The number of thioether (sulfide) groups is 1. The maximum Gasteiger partial charge on any atom is 0.408 e. The van der Waals surface area contributed by atoms with E-state index in [1.807, 2.05) is 11.8 Å². The summed E-state index contributed by atoms with van der Waals surface area (Å²) in [6.45, 7) is 5.88. The molecule has 3 aliphatic rings. The maximum atomic E-state index is 13.4. The summed E-state index contributed by atoms with van der Waals surface area (Å²) in [4.78, 5) is 63.6. The van der Waals surface area contributed by atoms with Crippen molar-refractivity contribution in [3.8, 4) is 5.75 Å². The Bertz CT molecular complexity index is 1230.